The number of aromatic nitrogens is 3. The van der Waals surface area contributed by atoms with Gasteiger partial charge in [0.1, 0.15) is 17.9 Å². The number of aromatic amines is 1. The number of aromatic carboxylic acids is 1. The second kappa shape index (κ2) is 8.54. The second-order valence-electron chi connectivity index (χ2n) is 6.84. The Hall–Kier alpha value is -3.39. The highest BCUT2D eigenvalue weighted by atomic mass is 32.1. The minimum Gasteiger partial charge on any atom is -0.492 e. The molecule has 0 spiro atoms. The van der Waals surface area contributed by atoms with E-state index in [0.717, 1.165) is 28.3 Å². The van der Waals surface area contributed by atoms with Crippen LogP contribution in [0.25, 0.3) is 21.5 Å². The van der Waals surface area contributed by atoms with E-state index in [9.17, 15) is 9.90 Å². The molecule has 0 aliphatic rings. The Morgan fingerprint density at radius 3 is 2.93 bits per heavy atom. The van der Waals surface area contributed by atoms with Gasteiger partial charge in [-0.05, 0) is 37.3 Å². The summed E-state index contributed by atoms with van der Waals surface area (Å²) in [4.78, 5) is 24.4. The summed E-state index contributed by atoms with van der Waals surface area (Å²) in [5.74, 6) is 0.0568. The Morgan fingerprint density at radius 1 is 1.27 bits per heavy atom. The maximum atomic E-state index is 11.5. The largest absolute Gasteiger partial charge is 0.492 e. The predicted molar refractivity (Wildman–Crippen MR) is 119 cm³/mol. The van der Waals surface area contributed by atoms with Crippen LogP contribution in [0.3, 0.4) is 0 Å². The fraction of sp³-hybridized carbons (Fsp3) is 0.227. The number of hydrogen-bond acceptors (Lipinski definition) is 6. The molecule has 0 aliphatic carbocycles. The zero-order valence-corrected chi connectivity index (χ0v) is 17.5. The van der Waals surface area contributed by atoms with Gasteiger partial charge in [-0.3, -0.25) is 0 Å². The van der Waals surface area contributed by atoms with Gasteiger partial charge < -0.3 is 20.1 Å². The summed E-state index contributed by atoms with van der Waals surface area (Å²) in [6.07, 6.45) is 2.32. The molecule has 1 aromatic carbocycles. The van der Waals surface area contributed by atoms with Crippen molar-refractivity contribution in [3.8, 4) is 16.3 Å². The first-order chi connectivity index (χ1) is 14.5. The van der Waals surface area contributed by atoms with Crippen LogP contribution in [0.5, 0.6) is 5.75 Å². The van der Waals surface area contributed by atoms with Crippen molar-refractivity contribution in [3.63, 3.8) is 0 Å². The molecular weight excluding hydrogens is 400 g/mol. The van der Waals surface area contributed by atoms with Crippen LogP contribution in [0.4, 0.5) is 5.82 Å². The van der Waals surface area contributed by atoms with Crippen LogP contribution in [-0.2, 0) is 6.42 Å². The average molecular weight is 423 g/mol. The molecular formula is C22H22N4O3S. The van der Waals surface area contributed by atoms with Crippen LogP contribution in [-0.4, -0.2) is 39.2 Å². The molecule has 0 atom stereocenters. The van der Waals surface area contributed by atoms with Crippen molar-refractivity contribution >= 4 is 34.0 Å². The number of para-hydroxylation sites is 1. The molecule has 7 nitrogen and oxygen atoms in total. The van der Waals surface area contributed by atoms with Gasteiger partial charge in [-0.1, -0.05) is 18.2 Å². The van der Waals surface area contributed by atoms with Gasteiger partial charge in [0, 0.05) is 29.9 Å². The van der Waals surface area contributed by atoms with Crippen molar-refractivity contribution in [2.75, 3.05) is 18.5 Å². The van der Waals surface area contributed by atoms with Crippen molar-refractivity contribution in [2.24, 2.45) is 0 Å². The number of rotatable bonds is 8. The van der Waals surface area contributed by atoms with Crippen LogP contribution in [0.2, 0.25) is 0 Å². The molecule has 0 aliphatic heterocycles. The van der Waals surface area contributed by atoms with Crippen molar-refractivity contribution in [1.82, 2.24) is 15.0 Å². The number of fused-ring (bicyclic) bond motifs is 1. The second-order valence-corrected chi connectivity index (χ2v) is 7.89. The Morgan fingerprint density at radius 2 is 2.13 bits per heavy atom. The number of anilines is 1. The van der Waals surface area contributed by atoms with E-state index < -0.39 is 5.97 Å². The molecule has 3 aromatic heterocycles. The molecule has 8 heteroatoms. The molecule has 0 amide bonds. The van der Waals surface area contributed by atoms with E-state index in [4.69, 9.17) is 4.74 Å². The number of carboxylic acid groups (broad SMARTS) is 1. The van der Waals surface area contributed by atoms with E-state index in [1.165, 1.54) is 22.8 Å². The third-order valence-electron chi connectivity index (χ3n) is 4.69. The van der Waals surface area contributed by atoms with E-state index >= 15 is 0 Å². The lowest BCUT2D eigenvalue weighted by atomic mass is 10.1. The Kier molecular flexibility index (Phi) is 5.67. The minimum atomic E-state index is -1.00. The summed E-state index contributed by atoms with van der Waals surface area (Å²) in [6.45, 7) is 5.00. The molecule has 0 radical (unpaired) electrons. The van der Waals surface area contributed by atoms with Crippen molar-refractivity contribution in [3.05, 3.63) is 58.9 Å². The van der Waals surface area contributed by atoms with Crippen molar-refractivity contribution < 1.29 is 14.6 Å². The maximum absolute atomic E-state index is 11.5. The standard InChI is InChI=1S/C22H22N4O3S/c1-3-29-17-11-18(30-21(17)22(27)28)16-10-19(25-12-24-16)23-8-7-14-5-4-6-15-9-13(2)26-20(14)15/h4-6,9-12,26H,3,7-8H2,1-2H3,(H,27,28)(H,23,24,25). The third-order valence-corrected chi connectivity index (χ3v) is 5.82. The summed E-state index contributed by atoms with van der Waals surface area (Å²) < 4.78 is 5.45. The number of nitrogens with zero attached hydrogens (tertiary/aromatic N) is 2. The van der Waals surface area contributed by atoms with E-state index in [0.29, 0.717) is 30.4 Å². The van der Waals surface area contributed by atoms with Crippen LogP contribution in [0.1, 0.15) is 27.9 Å². The van der Waals surface area contributed by atoms with Gasteiger partial charge >= 0.3 is 5.97 Å². The molecule has 0 unspecified atom stereocenters. The smallest absolute Gasteiger partial charge is 0.349 e. The predicted octanol–water partition coefficient (Wildman–Crippen LogP) is 4.75. The number of carbonyl (C=O) groups is 1. The number of hydrogen-bond donors (Lipinski definition) is 3. The van der Waals surface area contributed by atoms with Gasteiger partial charge in [0.15, 0.2) is 4.88 Å². The van der Waals surface area contributed by atoms with Gasteiger partial charge in [-0.15, -0.1) is 11.3 Å². The summed E-state index contributed by atoms with van der Waals surface area (Å²) in [6, 6.07) is 12.0. The average Bonchev–Trinajstić information content (AvgIpc) is 3.32. The molecule has 0 bridgehead atoms. The number of aryl methyl sites for hydroxylation is 1. The van der Waals surface area contributed by atoms with Gasteiger partial charge in [0.05, 0.1) is 17.2 Å². The number of ether oxygens (including phenoxy) is 1. The first-order valence-corrected chi connectivity index (χ1v) is 10.5. The Balaban J connectivity index is 1.49. The summed E-state index contributed by atoms with van der Waals surface area (Å²) in [5, 5.41) is 13.9. The number of thiophene rings is 1. The Bertz CT molecular complexity index is 1200. The maximum Gasteiger partial charge on any atom is 0.349 e. The molecule has 3 heterocycles. The number of nitrogens with one attached hydrogen (secondary N) is 2. The fourth-order valence-electron chi connectivity index (χ4n) is 3.39. The van der Waals surface area contributed by atoms with E-state index in [-0.39, 0.29) is 4.88 Å². The molecule has 0 fully saturated rings. The van der Waals surface area contributed by atoms with Crippen LogP contribution >= 0.6 is 11.3 Å². The first-order valence-electron chi connectivity index (χ1n) is 9.68. The van der Waals surface area contributed by atoms with E-state index in [2.05, 4.69) is 51.5 Å². The van der Waals surface area contributed by atoms with Gasteiger partial charge in [-0.2, -0.15) is 0 Å². The van der Waals surface area contributed by atoms with Gasteiger partial charge in [0.25, 0.3) is 0 Å². The third kappa shape index (κ3) is 4.13. The molecule has 30 heavy (non-hydrogen) atoms. The van der Waals surface area contributed by atoms with E-state index in [1.807, 2.05) is 13.0 Å². The molecule has 0 saturated heterocycles. The SMILES string of the molecule is CCOc1cc(-c2cc(NCCc3cccc4cc(C)[nH]c34)ncn2)sc1C(=O)O. The normalized spacial score (nSPS) is 11.0. The minimum absolute atomic E-state index is 0.175. The molecule has 0 saturated carbocycles. The lowest BCUT2D eigenvalue weighted by Gasteiger charge is -2.07. The topological polar surface area (TPSA) is 100 Å². The number of H-pyrrole nitrogens is 1. The molecule has 4 aromatic rings. The highest BCUT2D eigenvalue weighted by Crippen LogP contribution is 2.36. The van der Waals surface area contributed by atoms with Crippen LogP contribution < -0.4 is 10.1 Å². The van der Waals surface area contributed by atoms with E-state index in [1.54, 1.807) is 6.07 Å². The molecule has 154 valence electrons. The quantitative estimate of drug-likeness (QED) is 0.379. The molecule has 3 N–H and O–H groups in total. The monoisotopic (exact) mass is 422 g/mol. The lowest BCUT2D eigenvalue weighted by molar-refractivity contribution is 0.0698. The number of carboxylic acids is 1. The summed E-state index contributed by atoms with van der Waals surface area (Å²) >= 11 is 1.15. The van der Waals surface area contributed by atoms with Crippen molar-refractivity contribution in [1.29, 1.82) is 0 Å². The summed E-state index contributed by atoms with van der Waals surface area (Å²) in [5.41, 5.74) is 4.22. The zero-order valence-electron chi connectivity index (χ0n) is 16.7. The Labute approximate surface area is 177 Å². The summed E-state index contributed by atoms with van der Waals surface area (Å²) in [7, 11) is 0. The van der Waals surface area contributed by atoms with Crippen LogP contribution in [0.15, 0.2) is 42.7 Å². The van der Waals surface area contributed by atoms with Crippen molar-refractivity contribution in [2.45, 2.75) is 20.3 Å². The fourth-order valence-corrected chi connectivity index (χ4v) is 4.30. The number of benzene rings is 1. The van der Waals surface area contributed by atoms with Crippen LogP contribution in [0, 0.1) is 6.92 Å². The highest BCUT2D eigenvalue weighted by molar-refractivity contribution is 7.17. The first kappa shape index (κ1) is 19.9. The zero-order chi connectivity index (χ0) is 21.1. The molecule has 4 rings (SSSR count). The lowest BCUT2D eigenvalue weighted by Crippen LogP contribution is -2.07. The van der Waals surface area contributed by atoms with Gasteiger partial charge in [0.2, 0.25) is 0 Å². The van der Waals surface area contributed by atoms with Gasteiger partial charge in [-0.25, -0.2) is 14.8 Å². The highest BCUT2D eigenvalue weighted by Gasteiger charge is 2.18.